The maximum atomic E-state index is 13.0. The van der Waals surface area contributed by atoms with Crippen LogP contribution in [-0.4, -0.2) is 42.2 Å². The molecule has 33 heavy (non-hydrogen) atoms. The van der Waals surface area contributed by atoms with Crippen molar-refractivity contribution in [2.45, 2.75) is 23.9 Å². The molecule has 10 nitrogen and oxygen atoms in total. The first-order chi connectivity index (χ1) is 15.4. The van der Waals surface area contributed by atoms with Crippen LogP contribution in [0, 0.1) is 26.1 Å². The van der Waals surface area contributed by atoms with E-state index >= 15 is 0 Å². The maximum Gasteiger partial charge on any atom is 0.416 e. The minimum Gasteiger partial charge on any atom is -0.374 e. The van der Waals surface area contributed by atoms with Gasteiger partial charge in [-0.05, 0) is 30.9 Å². The minimum absolute atomic E-state index is 0.00767. The summed E-state index contributed by atoms with van der Waals surface area (Å²) in [4.78, 5) is 20.6. The molecular formula is C19H19F3N4O6S. The number of benzene rings is 2. The number of alkyl halides is 3. The highest BCUT2D eigenvalue weighted by Crippen LogP contribution is 2.41. The van der Waals surface area contributed by atoms with Crippen molar-refractivity contribution >= 4 is 27.1 Å². The van der Waals surface area contributed by atoms with Crippen LogP contribution >= 0.6 is 0 Å². The van der Waals surface area contributed by atoms with Crippen LogP contribution in [0.2, 0.25) is 0 Å². The molecule has 14 heteroatoms. The van der Waals surface area contributed by atoms with E-state index < -0.39 is 48.7 Å². The van der Waals surface area contributed by atoms with Gasteiger partial charge in [-0.3, -0.25) is 20.2 Å². The third-order valence-corrected chi connectivity index (χ3v) is 7.25. The molecule has 0 radical (unpaired) electrons. The second-order valence-electron chi connectivity index (χ2n) is 7.44. The van der Waals surface area contributed by atoms with E-state index in [1.54, 1.807) is 18.2 Å². The third-order valence-electron chi connectivity index (χ3n) is 5.34. The third kappa shape index (κ3) is 5.39. The van der Waals surface area contributed by atoms with Crippen molar-refractivity contribution in [3.63, 3.8) is 0 Å². The van der Waals surface area contributed by atoms with Gasteiger partial charge in [0.05, 0.1) is 20.3 Å². The molecule has 1 N–H and O–H groups in total. The Morgan fingerprint density at radius 1 is 1.00 bits per heavy atom. The molecule has 0 amide bonds. The van der Waals surface area contributed by atoms with Crippen molar-refractivity contribution in [3.8, 4) is 0 Å². The molecule has 1 aliphatic heterocycles. The smallest absolute Gasteiger partial charge is 0.374 e. The van der Waals surface area contributed by atoms with Crippen molar-refractivity contribution in [1.29, 1.82) is 0 Å². The number of sulfonamides is 1. The lowest BCUT2D eigenvalue weighted by molar-refractivity contribution is -0.392. The van der Waals surface area contributed by atoms with E-state index in [9.17, 15) is 41.8 Å². The van der Waals surface area contributed by atoms with Gasteiger partial charge in [0.1, 0.15) is 0 Å². The Bertz CT molecular complexity index is 1110. The SMILES string of the molecule is O=[N+]([O-])c1cc(C(F)(F)F)cc([N+](=O)[O-])c1NCC1CCN(S(=O)(=O)c2ccccc2)CC1. The fourth-order valence-electron chi connectivity index (χ4n) is 3.59. The van der Waals surface area contributed by atoms with Crippen molar-refractivity contribution in [3.05, 3.63) is 68.3 Å². The van der Waals surface area contributed by atoms with E-state index in [4.69, 9.17) is 0 Å². The number of piperidine rings is 1. The summed E-state index contributed by atoms with van der Waals surface area (Å²) in [6.45, 7) is 0.327. The van der Waals surface area contributed by atoms with Crippen LogP contribution in [0.15, 0.2) is 47.4 Å². The van der Waals surface area contributed by atoms with Gasteiger partial charge >= 0.3 is 6.18 Å². The number of nitrogens with one attached hydrogen (secondary N) is 1. The average Bonchev–Trinajstić information content (AvgIpc) is 2.77. The molecule has 1 heterocycles. The second kappa shape index (κ2) is 9.31. The zero-order chi connectivity index (χ0) is 24.4. The summed E-state index contributed by atoms with van der Waals surface area (Å²) in [6.07, 6.45) is -4.27. The predicted molar refractivity (Wildman–Crippen MR) is 111 cm³/mol. The topological polar surface area (TPSA) is 136 Å². The molecule has 0 unspecified atom stereocenters. The second-order valence-corrected chi connectivity index (χ2v) is 9.38. The average molecular weight is 488 g/mol. The molecule has 0 saturated carbocycles. The lowest BCUT2D eigenvalue weighted by Gasteiger charge is -2.31. The Morgan fingerprint density at radius 2 is 1.52 bits per heavy atom. The van der Waals surface area contributed by atoms with Gasteiger partial charge in [-0.15, -0.1) is 0 Å². The molecule has 1 saturated heterocycles. The zero-order valence-electron chi connectivity index (χ0n) is 17.0. The lowest BCUT2D eigenvalue weighted by Crippen LogP contribution is -2.39. The van der Waals surface area contributed by atoms with Crippen LogP contribution in [0.5, 0.6) is 0 Å². The molecule has 0 aromatic heterocycles. The monoisotopic (exact) mass is 488 g/mol. The normalized spacial score (nSPS) is 15.8. The quantitative estimate of drug-likeness (QED) is 0.459. The molecule has 1 aliphatic rings. The Balaban J connectivity index is 1.74. The number of nitro benzene ring substituents is 2. The van der Waals surface area contributed by atoms with Gasteiger partial charge in [-0.2, -0.15) is 17.5 Å². The van der Waals surface area contributed by atoms with Crippen molar-refractivity contribution in [2.24, 2.45) is 5.92 Å². The summed E-state index contributed by atoms with van der Waals surface area (Å²) in [7, 11) is -3.68. The van der Waals surface area contributed by atoms with E-state index in [1.807, 2.05) is 0 Å². The molecule has 0 atom stereocenters. The summed E-state index contributed by atoms with van der Waals surface area (Å²) in [5.41, 5.74) is -4.22. The van der Waals surface area contributed by atoms with E-state index in [1.165, 1.54) is 16.4 Å². The van der Waals surface area contributed by atoms with Crippen LogP contribution in [0.3, 0.4) is 0 Å². The largest absolute Gasteiger partial charge is 0.416 e. The first-order valence-corrected chi connectivity index (χ1v) is 11.2. The van der Waals surface area contributed by atoms with Crippen LogP contribution in [0.1, 0.15) is 18.4 Å². The Kier molecular flexibility index (Phi) is 6.88. The molecule has 0 spiro atoms. The summed E-state index contributed by atoms with van der Waals surface area (Å²) in [5.74, 6) is -0.200. The molecule has 178 valence electrons. The van der Waals surface area contributed by atoms with Crippen molar-refractivity contribution in [2.75, 3.05) is 25.0 Å². The van der Waals surface area contributed by atoms with E-state index in [2.05, 4.69) is 5.32 Å². The van der Waals surface area contributed by atoms with Crippen LogP contribution in [0.25, 0.3) is 0 Å². The van der Waals surface area contributed by atoms with Gasteiger partial charge in [0.2, 0.25) is 10.0 Å². The highest BCUT2D eigenvalue weighted by Gasteiger charge is 2.38. The summed E-state index contributed by atoms with van der Waals surface area (Å²) < 4.78 is 65.8. The number of hydrogen-bond acceptors (Lipinski definition) is 7. The van der Waals surface area contributed by atoms with Crippen LogP contribution < -0.4 is 5.32 Å². The van der Waals surface area contributed by atoms with E-state index in [0.29, 0.717) is 12.8 Å². The fraction of sp³-hybridized carbons (Fsp3) is 0.368. The number of halogens is 3. The first kappa shape index (κ1) is 24.4. The number of rotatable bonds is 7. The lowest BCUT2D eigenvalue weighted by atomic mass is 9.98. The Labute approximate surface area is 186 Å². The van der Waals surface area contributed by atoms with Gasteiger partial charge < -0.3 is 5.32 Å². The van der Waals surface area contributed by atoms with Crippen molar-refractivity contribution < 1.29 is 31.4 Å². The van der Waals surface area contributed by atoms with Crippen molar-refractivity contribution in [1.82, 2.24) is 4.31 Å². The molecule has 0 bridgehead atoms. The van der Waals surface area contributed by atoms with Crippen LogP contribution in [-0.2, 0) is 16.2 Å². The van der Waals surface area contributed by atoms with E-state index in [0.717, 1.165) is 0 Å². The number of nitro groups is 2. The van der Waals surface area contributed by atoms with Gasteiger partial charge in [-0.25, -0.2) is 8.42 Å². The number of hydrogen-bond donors (Lipinski definition) is 1. The van der Waals surface area contributed by atoms with E-state index in [-0.39, 0.29) is 42.6 Å². The molecule has 2 aromatic carbocycles. The number of anilines is 1. The molecule has 0 aliphatic carbocycles. The fourth-order valence-corrected chi connectivity index (χ4v) is 5.08. The molecule has 2 aromatic rings. The summed E-state index contributed by atoms with van der Waals surface area (Å²) in [5, 5.41) is 25.2. The Hall–Kier alpha value is -3.26. The molecule has 3 rings (SSSR count). The Morgan fingerprint density at radius 3 is 1.97 bits per heavy atom. The predicted octanol–water partition coefficient (Wildman–Crippen LogP) is 4.03. The van der Waals surface area contributed by atoms with Gasteiger partial charge in [0.25, 0.3) is 11.4 Å². The molecule has 1 fully saturated rings. The molecular weight excluding hydrogens is 469 g/mol. The minimum atomic E-state index is -4.99. The summed E-state index contributed by atoms with van der Waals surface area (Å²) >= 11 is 0. The number of nitrogens with zero attached hydrogens (tertiary/aromatic N) is 3. The van der Waals surface area contributed by atoms with Gasteiger partial charge in [0.15, 0.2) is 5.69 Å². The highest BCUT2D eigenvalue weighted by molar-refractivity contribution is 7.89. The maximum absolute atomic E-state index is 13.0. The van der Waals surface area contributed by atoms with Gasteiger partial charge in [0, 0.05) is 31.8 Å². The van der Waals surface area contributed by atoms with Crippen LogP contribution in [0.4, 0.5) is 30.2 Å². The standard InChI is InChI=1S/C19H19F3N4O6S/c20-19(21,22)14-10-16(25(27)28)18(17(11-14)26(29)30)23-12-13-6-8-24(9-7-13)33(31,32)15-4-2-1-3-5-15/h1-5,10-11,13,23H,6-9,12H2. The van der Waals surface area contributed by atoms with Gasteiger partial charge in [-0.1, -0.05) is 18.2 Å². The summed E-state index contributed by atoms with van der Waals surface area (Å²) in [6, 6.07) is 8.36. The highest BCUT2D eigenvalue weighted by atomic mass is 32.2. The zero-order valence-corrected chi connectivity index (χ0v) is 17.8. The first-order valence-electron chi connectivity index (χ1n) is 9.74.